The molecule has 0 aliphatic heterocycles. The molecule has 0 saturated heterocycles. The van der Waals surface area contributed by atoms with Crippen LogP contribution in [-0.2, 0) is 0 Å². The van der Waals surface area contributed by atoms with Crippen LogP contribution in [0.25, 0.3) is 0 Å². The van der Waals surface area contributed by atoms with Gasteiger partial charge in [-0.3, -0.25) is 4.79 Å². The van der Waals surface area contributed by atoms with Crippen LogP contribution in [-0.4, -0.2) is 21.2 Å². The number of rotatable bonds is 2. The molecule has 0 radical (unpaired) electrons. The van der Waals surface area contributed by atoms with Crippen molar-refractivity contribution in [2.45, 2.75) is 0 Å². The second-order valence-electron chi connectivity index (χ2n) is 2.66. The highest BCUT2D eigenvalue weighted by Crippen LogP contribution is 2.17. The van der Waals surface area contributed by atoms with E-state index in [1.807, 2.05) is 0 Å². The lowest BCUT2D eigenvalue weighted by atomic mass is 10.1. The van der Waals surface area contributed by atoms with Crippen LogP contribution in [0, 0.1) is 0 Å². The van der Waals surface area contributed by atoms with E-state index in [0.29, 0.717) is 10.6 Å². The molecule has 4 nitrogen and oxygen atoms in total. The minimum Gasteiger partial charge on any atom is -0.287 e. The number of aromatic nitrogens is 3. The fraction of sp³-hybridized carbons (Fsp3) is 0. The van der Waals surface area contributed by atoms with Gasteiger partial charge in [-0.1, -0.05) is 23.7 Å². The number of H-pyrrole nitrogens is 1. The molecule has 1 aromatic heterocycles. The second kappa shape index (κ2) is 3.59. The van der Waals surface area contributed by atoms with E-state index in [-0.39, 0.29) is 11.5 Å². The number of hydrogen-bond donors (Lipinski definition) is 1. The predicted octanol–water partition coefficient (Wildman–Crippen LogP) is 1.69. The van der Waals surface area contributed by atoms with Gasteiger partial charge in [0.2, 0.25) is 5.78 Å². The first kappa shape index (κ1) is 8.90. The van der Waals surface area contributed by atoms with Gasteiger partial charge >= 0.3 is 0 Å². The van der Waals surface area contributed by atoms with E-state index in [9.17, 15) is 4.79 Å². The van der Waals surface area contributed by atoms with Crippen LogP contribution in [0.3, 0.4) is 0 Å². The van der Waals surface area contributed by atoms with Crippen LogP contribution in [0.1, 0.15) is 16.1 Å². The molecular weight excluding hydrogens is 202 g/mol. The van der Waals surface area contributed by atoms with E-state index >= 15 is 0 Å². The molecule has 1 heterocycles. The van der Waals surface area contributed by atoms with Crippen molar-refractivity contribution in [3.05, 3.63) is 46.7 Å². The average Bonchev–Trinajstić information content (AvgIpc) is 2.70. The smallest absolute Gasteiger partial charge is 0.216 e. The summed E-state index contributed by atoms with van der Waals surface area (Å²) in [6.45, 7) is 0. The van der Waals surface area contributed by atoms with Gasteiger partial charge in [0.25, 0.3) is 0 Å². The van der Waals surface area contributed by atoms with Crippen LogP contribution in [0.15, 0.2) is 30.5 Å². The van der Waals surface area contributed by atoms with Crippen molar-refractivity contribution in [1.29, 1.82) is 0 Å². The van der Waals surface area contributed by atoms with Crippen LogP contribution in [0.2, 0.25) is 5.02 Å². The number of benzene rings is 1. The Hall–Kier alpha value is -1.68. The highest BCUT2D eigenvalue weighted by molar-refractivity contribution is 6.34. The summed E-state index contributed by atoms with van der Waals surface area (Å²) in [6, 6.07) is 6.83. The third-order valence-corrected chi connectivity index (χ3v) is 2.10. The van der Waals surface area contributed by atoms with Gasteiger partial charge < -0.3 is 0 Å². The van der Waals surface area contributed by atoms with E-state index in [1.54, 1.807) is 24.3 Å². The maximum Gasteiger partial charge on any atom is 0.216 e. The summed E-state index contributed by atoms with van der Waals surface area (Å²) in [5.41, 5.74) is 0.696. The Morgan fingerprint density at radius 3 is 2.79 bits per heavy atom. The van der Waals surface area contributed by atoms with Gasteiger partial charge in [-0.05, 0) is 12.1 Å². The van der Waals surface area contributed by atoms with Gasteiger partial charge in [0.05, 0.1) is 11.2 Å². The summed E-state index contributed by atoms with van der Waals surface area (Å²) >= 11 is 5.86. The van der Waals surface area contributed by atoms with Crippen LogP contribution in [0.4, 0.5) is 0 Å². The number of nitrogens with zero attached hydrogens (tertiary/aromatic N) is 2. The minimum absolute atomic E-state index is 0.232. The molecule has 0 fully saturated rings. The zero-order valence-electron chi connectivity index (χ0n) is 7.07. The summed E-state index contributed by atoms with van der Waals surface area (Å²) in [7, 11) is 0. The van der Waals surface area contributed by atoms with Gasteiger partial charge in [-0.25, -0.2) is 0 Å². The summed E-state index contributed by atoms with van der Waals surface area (Å²) in [5, 5.41) is 10.0. The number of aromatic amines is 1. The first-order chi connectivity index (χ1) is 6.79. The number of hydrogen-bond acceptors (Lipinski definition) is 3. The van der Waals surface area contributed by atoms with E-state index in [2.05, 4.69) is 15.4 Å². The minimum atomic E-state index is -0.232. The molecule has 0 atom stereocenters. The maximum atomic E-state index is 11.7. The molecule has 0 bridgehead atoms. The average molecular weight is 208 g/mol. The molecule has 2 aromatic rings. The molecule has 0 unspecified atom stereocenters. The van der Waals surface area contributed by atoms with Gasteiger partial charge in [-0.2, -0.15) is 15.4 Å². The predicted molar refractivity (Wildman–Crippen MR) is 51.3 cm³/mol. The topological polar surface area (TPSA) is 58.6 Å². The van der Waals surface area contributed by atoms with E-state index in [0.717, 1.165) is 0 Å². The lowest BCUT2D eigenvalue weighted by Gasteiger charge is -1.98. The van der Waals surface area contributed by atoms with Gasteiger partial charge in [0.1, 0.15) is 0 Å². The van der Waals surface area contributed by atoms with Crippen LogP contribution < -0.4 is 0 Å². The highest BCUT2D eigenvalue weighted by atomic mass is 35.5. The standard InChI is InChI=1S/C9H6ClN3O/c10-7-4-2-1-3-6(7)9(14)8-5-11-13-12-8/h1-5H,(H,11,12,13). The third-order valence-electron chi connectivity index (χ3n) is 1.77. The Morgan fingerprint density at radius 1 is 1.36 bits per heavy atom. The lowest BCUT2D eigenvalue weighted by molar-refractivity contribution is 0.103. The van der Waals surface area contributed by atoms with E-state index < -0.39 is 0 Å². The first-order valence-corrected chi connectivity index (χ1v) is 4.32. The van der Waals surface area contributed by atoms with Crippen molar-refractivity contribution in [1.82, 2.24) is 15.4 Å². The fourth-order valence-electron chi connectivity index (χ4n) is 1.09. The summed E-state index contributed by atoms with van der Waals surface area (Å²) in [6.07, 6.45) is 1.37. The largest absolute Gasteiger partial charge is 0.287 e. The number of carbonyl (C=O) groups excluding carboxylic acids is 1. The zero-order chi connectivity index (χ0) is 9.97. The second-order valence-corrected chi connectivity index (χ2v) is 3.07. The normalized spacial score (nSPS) is 10.1. The molecule has 2 rings (SSSR count). The molecule has 1 aromatic carbocycles. The fourth-order valence-corrected chi connectivity index (χ4v) is 1.32. The Kier molecular flexibility index (Phi) is 2.28. The molecule has 0 saturated carbocycles. The maximum absolute atomic E-state index is 11.7. The van der Waals surface area contributed by atoms with Gasteiger partial charge in [-0.15, -0.1) is 0 Å². The highest BCUT2D eigenvalue weighted by Gasteiger charge is 2.14. The Morgan fingerprint density at radius 2 is 2.14 bits per heavy atom. The zero-order valence-corrected chi connectivity index (χ0v) is 7.82. The quantitative estimate of drug-likeness (QED) is 0.763. The molecule has 1 N–H and O–H groups in total. The molecule has 0 aliphatic rings. The Labute approximate surface area is 84.9 Å². The van der Waals surface area contributed by atoms with E-state index in [1.165, 1.54) is 6.20 Å². The van der Waals surface area contributed by atoms with Crippen LogP contribution >= 0.6 is 11.6 Å². The molecule has 70 valence electrons. The number of carbonyl (C=O) groups is 1. The van der Waals surface area contributed by atoms with Crippen molar-refractivity contribution in [3.8, 4) is 0 Å². The van der Waals surface area contributed by atoms with Crippen molar-refractivity contribution < 1.29 is 4.79 Å². The molecule has 5 heteroatoms. The number of halogens is 1. The van der Waals surface area contributed by atoms with Crippen molar-refractivity contribution in [2.24, 2.45) is 0 Å². The molecule has 0 amide bonds. The van der Waals surface area contributed by atoms with Crippen molar-refractivity contribution >= 4 is 17.4 Å². The van der Waals surface area contributed by atoms with E-state index in [4.69, 9.17) is 11.6 Å². The summed E-state index contributed by atoms with van der Waals surface area (Å²) in [4.78, 5) is 11.7. The number of ketones is 1. The van der Waals surface area contributed by atoms with Crippen molar-refractivity contribution in [2.75, 3.05) is 0 Å². The summed E-state index contributed by atoms with van der Waals surface area (Å²) in [5.74, 6) is -0.232. The first-order valence-electron chi connectivity index (χ1n) is 3.94. The van der Waals surface area contributed by atoms with Crippen molar-refractivity contribution in [3.63, 3.8) is 0 Å². The van der Waals surface area contributed by atoms with Gasteiger partial charge in [0.15, 0.2) is 5.69 Å². The SMILES string of the molecule is O=C(c1cn[nH]n1)c1ccccc1Cl. The number of nitrogens with one attached hydrogen (secondary N) is 1. The molecule has 14 heavy (non-hydrogen) atoms. The monoisotopic (exact) mass is 207 g/mol. The van der Waals surface area contributed by atoms with Crippen LogP contribution in [0.5, 0.6) is 0 Å². The Bertz CT molecular complexity index is 453. The molecular formula is C9H6ClN3O. The third kappa shape index (κ3) is 1.52. The Balaban J connectivity index is 2.42. The van der Waals surface area contributed by atoms with Gasteiger partial charge in [0, 0.05) is 5.56 Å². The summed E-state index contributed by atoms with van der Waals surface area (Å²) < 4.78 is 0. The molecule has 0 aliphatic carbocycles. The molecule has 0 spiro atoms. The lowest BCUT2D eigenvalue weighted by Crippen LogP contribution is -2.02.